The van der Waals surface area contributed by atoms with Crippen LogP contribution in [0.1, 0.15) is 22.3 Å². The van der Waals surface area contributed by atoms with Gasteiger partial charge in [-0.25, -0.2) is 4.79 Å². The summed E-state index contributed by atoms with van der Waals surface area (Å²) in [6, 6.07) is 13.0. The Balaban J connectivity index is 2.54. The number of rotatable bonds is 3. The summed E-state index contributed by atoms with van der Waals surface area (Å²) in [6.07, 6.45) is 1.68. The van der Waals surface area contributed by atoms with Gasteiger partial charge in [0.1, 0.15) is 0 Å². The van der Waals surface area contributed by atoms with Gasteiger partial charge in [-0.1, -0.05) is 48.0 Å². The van der Waals surface area contributed by atoms with Gasteiger partial charge in [-0.15, -0.1) is 0 Å². The van der Waals surface area contributed by atoms with E-state index in [0.717, 1.165) is 16.7 Å². The summed E-state index contributed by atoms with van der Waals surface area (Å²) in [5, 5.41) is 10.00. The number of aryl methyl sites for hydroxylation is 2. The second-order valence-corrected chi connectivity index (χ2v) is 5.09. The summed E-state index contributed by atoms with van der Waals surface area (Å²) in [5.74, 6) is -0.965. The average molecular weight is 287 g/mol. The van der Waals surface area contributed by atoms with Crippen LogP contribution < -0.4 is 0 Å². The van der Waals surface area contributed by atoms with E-state index in [1.165, 1.54) is 0 Å². The van der Waals surface area contributed by atoms with Crippen molar-refractivity contribution < 1.29 is 9.90 Å². The molecule has 102 valence electrons. The minimum atomic E-state index is -0.965. The molecule has 0 spiro atoms. The van der Waals surface area contributed by atoms with Gasteiger partial charge in [0.15, 0.2) is 0 Å². The molecule has 0 aliphatic rings. The maximum Gasteiger partial charge on any atom is 0.336 e. The van der Waals surface area contributed by atoms with Crippen LogP contribution in [0.15, 0.2) is 42.5 Å². The van der Waals surface area contributed by atoms with Crippen molar-refractivity contribution in [2.45, 2.75) is 13.8 Å². The van der Waals surface area contributed by atoms with Crippen molar-refractivity contribution in [2.75, 3.05) is 0 Å². The average Bonchev–Trinajstić information content (AvgIpc) is 2.41. The Bertz CT molecular complexity index is 687. The lowest BCUT2D eigenvalue weighted by Gasteiger charge is -2.07. The normalized spacial score (nSPS) is 11.4. The number of halogens is 1. The van der Waals surface area contributed by atoms with E-state index in [9.17, 15) is 9.90 Å². The molecule has 0 fully saturated rings. The van der Waals surface area contributed by atoms with Crippen LogP contribution >= 0.6 is 11.6 Å². The van der Waals surface area contributed by atoms with Crippen molar-refractivity contribution in [3.63, 3.8) is 0 Å². The van der Waals surface area contributed by atoms with Gasteiger partial charge in [-0.05, 0) is 48.2 Å². The summed E-state index contributed by atoms with van der Waals surface area (Å²) in [7, 11) is 0. The highest BCUT2D eigenvalue weighted by atomic mass is 35.5. The maximum absolute atomic E-state index is 11.5. The molecule has 0 saturated heterocycles. The van der Waals surface area contributed by atoms with Crippen molar-refractivity contribution in [1.29, 1.82) is 0 Å². The molecule has 2 aromatic carbocycles. The Hall–Kier alpha value is -2.06. The van der Waals surface area contributed by atoms with Crippen LogP contribution in [0.2, 0.25) is 5.02 Å². The SMILES string of the molecule is Cc1ccc(/C(=C/c2ccccc2C)C(=O)O)cc1Cl. The monoisotopic (exact) mass is 286 g/mol. The third kappa shape index (κ3) is 3.09. The van der Waals surface area contributed by atoms with E-state index in [0.29, 0.717) is 10.6 Å². The maximum atomic E-state index is 11.5. The van der Waals surface area contributed by atoms with Gasteiger partial charge in [0.2, 0.25) is 0 Å². The summed E-state index contributed by atoms with van der Waals surface area (Å²) in [6.45, 7) is 3.84. The minimum absolute atomic E-state index is 0.237. The molecule has 0 amide bonds. The van der Waals surface area contributed by atoms with Gasteiger partial charge in [0.25, 0.3) is 0 Å². The number of benzene rings is 2. The number of aliphatic carboxylic acids is 1. The Labute approximate surface area is 123 Å². The molecule has 0 heterocycles. The summed E-state index contributed by atoms with van der Waals surface area (Å²) in [5.41, 5.74) is 3.69. The van der Waals surface area contributed by atoms with Crippen LogP contribution in [0.5, 0.6) is 0 Å². The van der Waals surface area contributed by atoms with Crippen molar-refractivity contribution in [3.8, 4) is 0 Å². The van der Waals surface area contributed by atoms with Gasteiger partial charge in [0.05, 0.1) is 5.57 Å². The standard InChI is InChI=1S/C17H15ClO2/c1-11-5-3-4-6-13(11)9-15(17(19)20)14-8-7-12(2)16(18)10-14/h3-10H,1-2H3,(H,19,20)/b15-9-. The first kappa shape index (κ1) is 14.4. The molecule has 2 rings (SSSR count). The summed E-state index contributed by atoms with van der Waals surface area (Å²) < 4.78 is 0. The van der Waals surface area contributed by atoms with Crippen molar-refractivity contribution >= 4 is 29.2 Å². The van der Waals surface area contributed by atoms with Crippen molar-refractivity contribution in [1.82, 2.24) is 0 Å². The number of carbonyl (C=O) groups is 1. The van der Waals surface area contributed by atoms with Gasteiger partial charge >= 0.3 is 5.97 Å². The second kappa shape index (κ2) is 5.93. The number of carboxylic acid groups (broad SMARTS) is 1. The first-order valence-electron chi connectivity index (χ1n) is 6.26. The van der Waals surface area contributed by atoms with Crippen molar-refractivity contribution in [3.05, 3.63) is 69.7 Å². The van der Waals surface area contributed by atoms with Crippen LogP contribution in [0, 0.1) is 13.8 Å². The predicted octanol–water partition coefficient (Wildman–Crippen LogP) is 4.58. The third-order valence-corrected chi connectivity index (χ3v) is 3.61. The van der Waals surface area contributed by atoms with E-state index in [1.54, 1.807) is 18.2 Å². The first-order chi connectivity index (χ1) is 9.49. The van der Waals surface area contributed by atoms with E-state index in [-0.39, 0.29) is 5.57 Å². The fourth-order valence-corrected chi connectivity index (χ4v) is 2.11. The van der Waals surface area contributed by atoms with Gasteiger partial charge in [-0.3, -0.25) is 0 Å². The Morgan fingerprint density at radius 3 is 2.40 bits per heavy atom. The van der Waals surface area contributed by atoms with E-state index in [1.807, 2.05) is 44.2 Å². The second-order valence-electron chi connectivity index (χ2n) is 4.68. The Morgan fingerprint density at radius 1 is 1.10 bits per heavy atom. The molecule has 3 heteroatoms. The molecule has 0 radical (unpaired) electrons. The molecular formula is C17H15ClO2. The largest absolute Gasteiger partial charge is 0.478 e. The van der Waals surface area contributed by atoms with Crippen LogP contribution in [0.4, 0.5) is 0 Å². The molecular weight excluding hydrogens is 272 g/mol. The van der Waals surface area contributed by atoms with Gasteiger partial charge in [0, 0.05) is 5.02 Å². The zero-order chi connectivity index (χ0) is 14.7. The molecule has 2 aromatic rings. The lowest BCUT2D eigenvalue weighted by Crippen LogP contribution is -2.00. The zero-order valence-electron chi connectivity index (χ0n) is 11.4. The molecule has 2 nitrogen and oxygen atoms in total. The third-order valence-electron chi connectivity index (χ3n) is 3.20. The van der Waals surface area contributed by atoms with Crippen molar-refractivity contribution in [2.24, 2.45) is 0 Å². The number of carboxylic acids is 1. The van der Waals surface area contributed by atoms with Crippen LogP contribution in [0.3, 0.4) is 0 Å². The van der Waals surface area contributed by atoms with E-state index < -0.39 is 5.97 Å². The highest BCUT2D eigenvalue weighted by Crippen LogP contribution is 2.25. The van der Waals surface area contributed by atoms with E-state index >= 15 is 0 Å². The summed E-state index contributed by atoms with van der Waals surface area (Å²) >= 11 is 6.08. The Kier molecular flexibility index (Phi) is 4.26. The van der Waals surface area contributed by atoms with E-state index in [4.69, 9.17) is 11.6 Å². The quantitative estimate of drug-likeness (QED) is 0.662. The van der Waals surface area contributed by atoms with Crippen LogP contribution in [0.25, 0.3) is 11.6 Å². The van der Waals surface area contributed by atoms with Gasteiger partial charge < -0.3 is 5.11 Å². The molecule has 0 atom stereocenters. The molecule has 0 aliphatic heterocycles. The zero-order valence-corrected chi connectivity index (χ0v) is 12.1. The highest BCUT2D eigenvalue weighted by molar-refractivity contribution is 6.32. The molecule has 1 N–H and O–H groups in total. The smallest absolute Gasteiger partial charge is 0.336 e. The fraction of sp³-hybridized carbons (Fsp3) is 0.118. The fourth-order valence-electron chi connectivity index (χ4n) is 1.93. The van der Waals surface area contributed by atoms with Crippen LogP contribution in [-0.4, -0.2) is 11.1 Å². The molecule has 0 bridgehead atoms. The molecule has 0 aromatic heterocycles. The first-order valence-corrected chi connectivity index (χ1v) is 6.64. The topological polar surface area (TPSA) is 37.3 Å². The minimum Gasteiger partial charge on any atom is -0.478 e. The van der Waals surface area contributed by atoms with Gasteiger partial charge in [-0.2, -0.15) is 0 Å². The van der Waals surface area contributed by atoms with Crippen LogP contribution in [-0.2, 0) is 4.79 Å². The predicted molar refractivity (Wildman–Crippen MR) is 82.9 cm³/mol. The van der Waals surface area contributed by atoms with E-state index in [2.05, 4.69) is 0 Å². The molecule has 0 saturated carbocycles. The number of hydrogen-bond acceptors (Lipinski definition) is 1. The Morgan fingerprint density at radius 2 is 1.80 bits per heavy atom. The highest BCUT2D eigenvalue weighted by Gasteiger charge is 2.12. The molecule has 0 aliphatic carbocycles. The number of hydrogen-bond donors (Lipinski definition) is 1. The lowest BCUT2D eigenvalue weighted by molar-refractivity contribution is -0.130. The molecule has 0 unspecified atom stereocenters. The lowest BCUT2D eigenvalue weighted by atomic mass is 10.00. The molecule has 20 heavy (non-hydrogen) atoms. The summed E-state index contributed by atoms with van der Waals surface area (Å²) in [4.78, 5) is 11.5.